The highest BCUT2D eigenvalue weighted by atomic mass is 16.6. The first-order chi connectivity index (χ1) is 12.4. The monoisotopic (exact) mass is 358 g/mol. The standard InChI is InChI=1S/C23H34O3/c1-20-11-12-22(14-25-22)13-15(20)3-4-16-17(20)5-8-21(2)18(16)6-9-23(21)10-7-19(24)26-23/h15-18H,3-14H2,1-2H3/t15?,16?,17?,18?,20-,21-,22+,23+/m0/s1. The highest BCUT2D eigenvalue weighted by Crippen LogP contribution is 2.71. The first-order valence-corrected chi connectivity index (χ1v) is 11.3. The van der Waals surface area contributed by atoms with Gasteiger partial charge in [-0.2, -0.15) is 0 Å². The summed E-state index contributed by atoms with van der Waals surface area (Å²) in [6, 6.07) is 0. The summed E-state index contributed by atoms with van der Waals surface area (Å²) in [5.74, 6) is 3.47. The van der Waals surface area contributed by atoms with Gasteiger partial charge in [-0.05, 0) is 93.3 Å². The van der Waals surface area contributed by atoms with Crippen molar-refractivity contribution in [3.63, 3.8) is 0 Å². The lowest BCUT2D eigenvalue weighted by molar-refractivity contribution is -0.175. The third kappa shape index (κ3) is 1.87. The summed E-state index contributed by atoms with van der Waals surface area (Å²) < 4.78 is 12.0. The molecule has 0 N–H and O–H groups in total. The first kappa shape index (κ1) is 16.4. The molecule has 144 valence electrons. The maximum absolute atomic E-state index is 12.0. The average Bonchev–Trinajstić information content (AvgIpc) is 3.16. The lowest BCUT2D eigenvalue weighted by Crippen LogP contribution is -2.57. The number of esters is 1. The van der Waals surface area contributed by atoms with Crippen LogP contribution in [0.3, 0.4) is 0 Å². The number of carbonyl (C=O) groups is 1. The van der Waals surface area contributed by atoms with Crippen LogP contribution in [-0.4, -0.2) is 23.8 Å². The summed E-state index contributed by atoms with van der Waals surface area (Å²) in [5, 5.41) is 0. The Bertz CT molecular complexity index is 654. The van der Waals surface area contributed by atoms with Crippen molar-refractivity contribution in [2.24, 2.45) is 34.5 Å². The minimum Gasteiger partial charge on any atom is -0.458 e. The van der Waals surface area contributed by atoms with Crippen molar-refractivity contribution in [3.8, 4) is 0 Å². The van der Waals surface area contributed by atoms with Crippen LogP contribution in [0.4, 0.5) is 0 Å². The second kappa shape index (κ2) is 4.88. The second-order valence-corrected chi connectivity index (χ2v) is 11.3. The molecule has 6 fully saturated rings. The lowest BCUT2D eigenvalue weighted by Gasteiger charge is -2.61. The Kier molecular flexibility index (Phi) is 3.08. The van der Waals surface area contributed by atoms with Crippen LogP contribution in [0.25, 0.3) is 0 Å². The Hall–Kier alpha value is -0.570. The molecule has 0 amide bonds. The van der Waals surface area contributed by atoms with Crippen molar-refractivity contribution in [1.29, 1.82) is 0 Å². The molecule has 2 saturated heterocycles. The summed E-state index contributed by atoms with van der Waals surface area (Å²) in [6.07, 6.45) is 13.5. The number of hydrogen-bond donors (Lipinski definition) is 0. The van der Waals surface area contributed by atoms with Crippen molar-refractivity contribution in [1.82, 2.24) is 0 Å². The number of rotatable bonds is 0. The quantitative estimate of drug-likeness (QED) is 0.458. The van der Waals surface area contributed by atoms with Crippen LogP contribution in [0.5, 0.6) is 0 Å². The van der Waals surface area contributed by atoms with Gasteiger partial charge in [-0.25, -0.2) is 0 Å². The van der Waals surface area contributed by atoms with Crippen LogP contribution < -0.4 is 0 Å². The number of epoxide rings is 1. The lowest BCUT2D eigenvalue weighted by atomic mass is 9.44. The van der Waals surface area contributed by atoms with Gasteiger partial charge in [-0.1, -0.05) is 13.8 Å². The normalized spacial score (nSPS) is 60.5. The smallest absolute Gasteiger partial charge is 0.306 e. The Balaban J connectivity index is 1.30. The molecule has 6 aliphatic rings. The zero-order valence-electron chi connectivity index (χ0n) is 16.5. The molecular weight excluding hydrogens is 324 g/mol. The van der Waals surface area contributed by atoms with Crippen LogP contribution in [0, 0.1) is 34.5 Å². The maximum atomic E-state index is 12.0. The minimum atomic E-state index is -0.115. The van der Waals surface area contributed by atoms with E-state index in [1.54, 1.807) is 0 Å². The summed E-state index contributed by atoms with van der Waals surface area (Å²) in [4.78, 5) is 12.0. The van der Waals surface area contributed by atoms with Gasteiger partial charge in [0.2, 0.25) is 0 Å². The summed E-state index contributed by atoms with van der Waals surface area (Å²) in [7, 11) is 0. The average molecular weight is 359 g/mol. The molecule has 2 heterocycles. The molecule has 2 spiro atoms. The zero-order valence-corrected chi connectivity index (χ0v) is 16.5. The van der Waals surface area contributed by atoms with Crippen LogP contribution >= 0.6 is 0 Å². The third-order valence-corrected chi connectivity index (χ3v) is 10.7. The van der Waals surface area contributed by atoms with Gasteiger partial charge in [-0.15, -0.1) is 0 Å². The highest BCUT2D eigenvalue weighted by molar-refractivity contribution is 5.72. The van der Waals surface area contributed by atoms with Gasteiger partial charge in [0, 0.05) is 11.8 Å². The zero-order chi connectivity index (χ0) is 17.8. The molecule has 8 atom stereocenters. The Morgan fingerprint density at radius 2 is 1.73 bits per heavy atom. The van der Waals surface area contributed by atoms with E-state index >= 15 is 0 Å². The van der Waals surface area contributed by atoms with Crippen LogP contribution in [0.15, 0.2) is 0 Å². The van der Waals surface area contributed by atoms with E-state index in [0.29, 0.717) is 17.4 Å². The molecule has 2 aliphatic heterocycles. The van der Waals surface area contributed by atoms with E-state index in [2.05, 4.69) is 13.8 Å². The van der Waals surface area contributed by atoms with Crippen molar-refractivity contribution in [2.75, 3.05) is 6.61 Å². The van der Waals surface area contributed by atoms with E-state index in [1.807, 2.05) is 0 Å². The molecule has 4 aliphatic carbocycles. The molecule has 4 unspecified atom stereocenters. The fourth-order valence-electron chi connectivity index (χ4n) is 8.97. The Morgan fingerprint density at radius 3 is 2.46 bits per heavy atom. The van der Waals surface area contributed by atoms with Crippen molar-refractivity contribution >= 4 is 5.97 Å². The van der Waals surface area contributed by atoms with Crippen LogP contribution in [0.1, 0.15) is 84.5 Å². The number of fused-ring (bicyclic) bond motifs is 6. The van der Waals surface area contributed by atoms with Gasteiger partial charge in [0.15, 0.2) is 0 Å². The van der Waals surface area contributed by atoms with Gasteiger partial charge in [0.25, 0.3) is 0 Å². The fourth-order valence-corrected chi connectivity index (χ4v) is 8.97. The van der Waals surface area contributed by atoms with E-state index < -0.39 is 0 Å². The first-order valence-electron chi connectivity index (χ1n) is 11.3. The molecule has 4 saturated carbocycles. The molecular formula is C23H34O3. The topological polar surface area (TPSA) is 38.8 Å². The van der Waals surface area contributed by atoms with Crippen molar-refractivity contribution < 1.29 is 14.3 Å². The van der Waals surface area contributed by atoms with E-state index in [0.717, 1.165) is 43.1 Å². The number of ether oxygens (including phenoxy) is 2. The summed E-state index contributed by atoms with van der Waals surface area (Å²) in [6.45, 7) is 6.15. The SMILES string of the molecule is C[C@]12CC[C@]3(CO3)CC1CCC1C2CC[C@@]2(C)C1CC[C@@]21CCC(=O)O1. The van der Waals surface area contributed by atoms with Gasteiger partial charge < -0.3 is 9.47 Å². The minimum absolute atomic E-state index is 0.0617. The van der Waals surface area contributed by atoms with Crippen LogP contribution in [-0.2, 0) is 14.3 Å². The Labute approximate surface area is 157 Å². The van der Waals surface area contributed by atoms with Gasteiger partial charge in [0.1, 0.15) is 5.60 Å². The van der Waals surface area contributed by atoms with E-state index in [-0.39, 0.29) is 17.0 Å². The van der Waals surface area contributed by atoms with Gasteiger partial charge in [0.05, 0.1) is 12.2 Å². The Morgan fingerprint density at radius 1 is 0.923 bits per heavy atom. The molecule has 0 aromatic heterocycles. The predicted molar refractivity (Wildman–Crippen MR) is 98.5 cm³/mol. The molecule has 3 nitrogen and oxygen atoms in total. The molecule has 0 aromatic rings. The second-order valence-electron chi connectivity index (χ2n) is 11.3. The molecule has 0 aromatic carbocycles. The van der Waals surface area contributed by atoms with E-state index in [9.17, 15) is 4.79 Å². The maximum Gasteiger partial charge on any atom is 0.306 e. The third-order valence-electron chi connectivity index (χ3n) is 10.7. The largest absolute Gasteiger partial charge is 0.458 e. The fraction of sp³-hybridized carbons (Fsp3) is 0.957. The van der Waals surface area contributed by atoms with Crippen molar-refractivity contribution in [2.45, 2.75) is 95.7 Å². The molecule has 3 heteroatoms. The number of carbonyl (C=O) groups excluding carboxylic acids is 1. The van der Waals surface area contributed by atoms with Gasteiger partial charge in [-0.3, -0.25) is 4.79 Å². The van der Waals surface area contributed by atoms with Gasteiger partial charge >= 0.3 is 5.97 Å². The molecule has 6 rings (SSSR count). The van der Waals surface area contributed by atoms with Crippen molar-refractivity contribution in [3.05, 3.63) is 0 Å². The summed E-state index contributed by atoms with van der Waals surface area (Å²) in [5.41, 5.74) is 0.953. The highest BCUT2D eigenvalue weighted by Gasteiger charge is 2.68. The summed E-state index contributed by atoms with van der Waals surface area (Å²) >= 11 is 0. The van der Waals surface area contributed by atoms with E-state index in [1.165, 1.54) is 51.4 Å². The predicted octanol–water partition coefficient (Wildman–Crippen LogP) is 4.87. The molecule has 0 bridgehead atoms. The van der Waals surface area contributed by atoms with E-state index in [4.69, 9.17) is 9.47 Å². The van der Waals surface area contributed by atoms with Crippen LogP contribution in [0.2, 0.25) is 0 Å². The molecule has 0 radical (unpaired) electrons. The molecule has 26 heavy (non-hydrogen) atoms. The number of hydrogen-bond acceptors (Lipinski definition) is 3.